The van der Waals surface area contributed by atoms with Crippen molar-refractivity contribution in [1.29, 1.82) is 0 Å². The van der Waals surface area contributed by atoms with Crippen molar-refractivity contribution >= 4 is 11.6 Å². The first kappa shape index (κ1) is 14.7. The Bertz CT molecular complexity index is 651. The molecule has 2 aromatic rings. The molecule has 1 saturated heterocycles. The smallest absolute Gasteiger partial charge is 0.242 e. The van der Waals surface area contributed by atoms with Crippen LogP contribution in [0.2, 0.25) is 0 Å². The molecular weight excluding hydrogens is 276 g/mol. The number of aryl methyl sites for hydroxylation is 2. The first-order chi connectivity index (χ1) is 10.6. The van der Waals surface area contributed by atoms with Crippen LogP contribution in [-0.2, 0) is 4.79 Å². The Balaban J connectivity index is 1.64. The average molecular weight is 296 g/mol. The van der Waals surface area contributed by atoms with Crippen LogP contribution in [0.25, 0.3) is 0 Å². The zero-order chi connectivity index (χ0) is 15.5. The van der Waals surface area contributed by atoms with Crippen molar-refractivity contribution < 1.29 is 4.79 Å². The summed E-state index contributed by atoms with van der Waals surface area (Å²) in [5.74, 6) is -0.0242. The fourth-order valence-electron chi connectivity index (χ4n) is 2.81. The van der Waals surface area contributed by atoms with E-state index in [9.17, 15) is 4.79 Å². The van der Waals surface area contributed by atoms with Crippen LogP contribution < -0.4 is 16.2 Å². The summed E-state index contributed by atoms with van der Waals surface area (Å²) in [7, 11) is 0. The number of amides is 1. The van der Waals surface area contributed by atoms with Crippen molar-refractivity contribution in [2.45, 2.75) is 32.4 Å². The maximum absolute atomic E-state index is 12.4. The van der Waals surface area contributed by atoms with Gasteiger partial charge in [-0.3, -0.25) is 9.78 Å². The van der Waals surface area contributed by atoms with Gasteiger partial charge in [0.2, 0.25) is 5.91 Å². The first-order valence-electron chi connectivity index (χ1n) is 7.42. The predicted octanol–water partition coefficient (Wildman–Crippen LogP) is 2.24. The van der Waals surface area contributed by atoms with Crippen LogP contribution in [0.3, 0.4) is 0 Å². The molecule has 0 spiro atoms. The van der Waals surface area contributed by atoms with Gasteiger partial charge in [0.15, 0.2) is 0 Å². The average Bonchev–Trinajstić information content (AvgIpc) is 2.97. The van der Waals surface area contributed by atoms with E-state index in [4.69, 9.17) is 0 Å². The third kappa shape index (κ3) is 3.32. The summed E-state index contributed by atoms with van der Waals surface area (Å²) in [4.78, 5) is 16.5. The molecule has 3 rings (SSSR count). The van der Waals surface area contributed by atoms with Crippen LogP contribution >= 0.6 is 0 Å². The fourth-order valence-corrected chi connectivity index (χ4v) is 2.81. The number of nitrogens with zero attached hydrogens (tertiary/aromatic N) is 1. The highest BCUT2D eigenvalue weighted by Crippen LogP contribution is 2.22. The van der Waals surface area contributed by atoms with Gasteiger partial charge in [-0.1, -0.05) is 12.1 Å². The summed E-state index contributed by atoms with van der Waals surface area (Å²) in [6.07, 6.45) is 4.27. The highest BCUT2D eigenvalue weighted by Gasteiger charge is 2.30. The van der Waals surface area contributed by atoms with Gasteiger partial charge in [-0.15, -0.1) is 0 Å². The van der Waals surface area contributed by atoms with Crippen LogP contribution in [0.1, 0.15) is 29.2 Å². The van der Waals surface area contributed by atoms with Crippen molar-refractivity contribution in [2.24, 2.45) is 0 Å². The van der Waals surface area contributed by atoms with Gasteiger partial charge in [0.1, 0.15) is 6.04 Å². The Labute approximate surface area is 130 Å². The summed E-state index contributed by atoms with van der Waals surface area (Å²) in [5.41, 5.74) is 10.4. The zero-order valence-electron chi connectivity index (χ0n) is 12.8. The second-order valence-corrected chi connectivity index (χ2v) is 5.78. The Morgan fingerprint density at radius 1 is 1.23 bits per heavy atom. The monoisotopic (exact) mass is 296 g/mol. The molecule has 1 aliphatic heterocycles. The van der Waals surface area contributed by atoms with Crippen molar-refractivity contribution in [1.82, 2.24) is 15.8 Å². The van der Waals surface area contributed by atoms with Gasteiger partial charge in [0.25, 0.3) is 0 Å². The van der Waals surface area contributed by atoms with Gasteiger partial charge in [-0.2, -0.15) is 0 Å². The quantitative estimate of drug-likeness (QED) is 0.813. The molecule has 1 aliphatic rings. The fraction of sp³-hybridized carbons (Fsp3) is 0.294. The van der Waals surface area contributed by atoms with E-state index in [1.165, 1.54) is 0 Å². The van der Waals surface area contributed by atoms with Crippen LogP contribution in [0.4, 0.5) is 5.69 Å². The standard InChI is InChI=1S/C17H20N4O/c1-11-6-12(2)8-14(7-11)19-17(22)16-9-15(20-21-16)13-4-3-5-18-10-13/h3-8,10,15-16,20-21H,9H2,1-2H3,(H,19,22). The second-order valence-electron chi connectivity index (χ2n) is 5.78. The number of hydrogen-bond acceptors (Lipinski definition) is 4. The van der Waals surface area contributed by atoms with E-state index in [-0.39, 0.29) is 18.0 Å². The van der Waals surface area contributed by atoms with Gasteiger partial charge >= 0.3 is 0 Å². The highest BCUT2D eigenvalue weighted by atomic mass is 16.2. The van der Waals surface area contributed by atoms with Crippen molar-refractivity contribution in [3.05, 3.63) is 59.4 Å². The lowest BCUT2D eigenvalue weighted by atomic mass is 10.0. The Kier molecular flexibility index (Phi) is 4.18. The Morgan fingerprint density at radius 3 is 2.68 bits per heavy atom. The van der Waals surface area contributed by atoms with Crippen molar-refractivity contribution in [2.75, 3.05) is 5.32 Å². The lowest BCUT2D eigenvalue weighted by Gasteiger charge is -2.12. The lowest BCUT2D eigenvalue weighted by molar-refractivity contribution is -0.117. The summed E-state index contributed by atoms with van der Waals surface area (Å²) in [5, 5.41) is 2.98. The number of pyridine rings is 1. The van der Waals surface area contributed by atoms with Crippen LogP contribution in [0, 0.1) is 13.8 Å². The zero-order valence-corrected chi connectivity index (χ0v) is 12.8. The molecule has 5 nitrogen and oxygen atoms in total. The minimum absolute atomic E-state index is 0.0242. The van der Waals surface area contributed by atoms with E-state index >= 15 is 0 Å². The summed E-state index contributed by atoms with van der Waals surface area (Å²) >= 11 is 0. The number of carbonyl (C=O) groups is 1. The number of aromatic nitrogens is 1. The molecular formula is C17H20N4O. The minimum Gasteiger partial charge on any atom is -0.325 e. The molecule has 2 heterocycles. The van der Waals surface area contributed by atoms with E-state index in [1.54, 1.807) is 6.20 Å². The third-order valence-corrected chi connectivity index (χ3v) is 3.80. The third-order valence-electron chi connectivity index (χ3n) is 3.80. The molecule has 3 N–H and O–H groups in total. The van der Waals surface area contributed by atoms with Crippen LogP contribution in [-0.4, -0.2) is 16.9 Å². The molecule has 0 radical (unpaired) electrons. The van der Waals surface area contributed by atoms with Gasteiger partial charge in [0, 0.05) is 24.1 Å². The summed E-state index contributed by atoms with van der Waals surface area (Å²) < 4.78 is 0. The number of hydrazine groups is 1. The number of nitrogens with one attached hydrogen (secondary N) is 3. The maximum atomic E-state index is 12.4. The first-order valence-corrected chi connectivity index (χ1v) is 7.42. The molecule has 0 bridgehead atoms. The second kappa shape index (κ2) is 6.25. The SMILES string of the molecule is Cc1cc(C)cc(NC(=O)C2CC(c3cccnc3)NN2)c1. The molecule has 2 unspecified atom stereocenters. The maximum Gasteiger partial charge on any atom is 0.242 e. The molecule has 2 atom stereocenters. The largest absolute Gasteiger partial charge is 0.325 e. The van der Waals surface area contributed by atoms with Crippen LogP contribution in [0.15, 0.2) is 42.7 Å². The Morgan fingerprint density at radius 2 is 2.00 bits per heavy atom. The number of anilines is 1. The predicted molar refractivity (Wildman–Crippen MR) is 86.2 cm³/mol. The molecule has 22 heavy (non-hydrogen) atoms. The minimum atomic E-state index is -0.258. The number of benzene rings is 1. The lowest BCUT2D eigenvalue weighted by Crippen LogP contribution is -2.39. The Hall–Kier alpha value is -2.24. The normalized spacial score (nSPS) is 20.8. The number of hydrogen-bond donors (Lipinski definition) is 3. The van der Waals surface area contributed by atoms with Crippen LogP contribution in [0.5, 0.6) is 0 Å². The van der Waals surface area contributed by atoms with Crippen molar-refractivity contribution in [3.8, 4) is 0 Å². The van der Waals surface area contributed by atoms with Gasteiger partial charge < -0.3 is 5.32 Å². The van der Waals surface area contributed by atoms with E-state index in [0.717, 1.165) is 22.4 Å². The molecule has 1 aromatic carbocycles. The molecule has 5 heteroatoms. The van der Waals surface area contributed by atoms with Gasteiger partial charge in [0.05, 0.1) is 0 Å². The number of rotatable bonds is 3. The van der Waals surface area contributed by atoms with Gasteiger partial charge in [-0.25, -0.2) is 10.9 Å². The molecule has 1 amide bonds. The van der Waals surface area contributed by atoms with E-state index in [0.29, 0.717) is 6.42 Å². The molecule has 1 fully saturated rings. The molecule has 1 aromatic heterocycles. The molecule has 0 aliphatic carbocycles. The van der Waals surface area contributed by atoms with E-state index < -0.39 is 0 Å². The molecule has 0 saturated carbocycles. The topological polar surface area (TPSA) is 66.0 Å². The van der Waals surface area contributed by atoms with E-state index in [1.807, 2.05) is 44.3 Å². The van der Waals surface area contributed by atoms with Gasteiger partial charge in [-0.05, 0) is 55.2 Å². The molecule has 114 valence electrons. The van der Waals surface area contributed by atoms with E-state index in [2.05, 4.69) is 27.2 Å². The summed E-state index contributed by atoms with van der Waals surface area (Å²) in [6, 6.07) is 9.80. The summed E-state index contributed by atoms with van der Waals surface area (Å²) in [6.45, 7) is 4.05. The van der Waals surface area contributed by atoms with Crippen molar-refractivity contribution in [3.63, 3.8) is 0 Å². The highest BCUT2D eigenvalue weighted by molar-refractivity contribution is 5.95. The number of carbonyl (C=O) groups excluding carboxylic acids is 1.